The molecule has 0 aliphatic heterocycles. The van der Waals surface area contributed by atoms with Gasteiger partial charge in [-0.15, -0.1) is 0 Å². The summed E-state index contributed by atoms with van der Waals surface area (Å²) in [6.45, 7) is 7.33. The van der Waals surface area contributed by atoms with Crippen molar-refractivity contribution in [3.8, 4) is 5.75 Å². The van der Waals surface area contributed by atoms with E-state index in [1.807, 2.05) is 20.0 Å². The number of ether oxygens (including phenoxy) is 1. The lowest BCUT2D eigenvalue weighted by Gasteiger charge is -2.14. The van der Waals surface area contributed by atoms with E-state index in [2.05, 4.69) is 17.2 Å². The number of hydrogen-bond acceptors (Lipinski definition) is 4. The fourth-order valence-electron chi connectivity index (χ4n) is 2.04. The number of rotatable bonds is 7. The molecule has 0 bridgehead atoms. The van der Waals surface area contributed by atoms with Gasteiger partial charge in [-0.2, -0.15) is 0 Å². The molecular formula is C14H24N2O2. The summed E-state index contributed by atoms with van der Waals surface area (Å²) in [6.07, 6.45) is 3.38. The summed E-state index contributed by atoms with van der Waals surface area (Å²) in [5, 5.41) is 12.9. The molecule has 0 aliphatic rings. The molecule has 102 valence electrons. The summed E-state index contributed by atoms with van der Waals surface area (Å²) >= 11 is 0. The fourth-order valence-corrected chi connectivity index (χ4v) is 2.04. The van der Waals surface area contributed by atoms with Gasteiger partial charge in [0.25, 0.3) is 0 Å². The minimum absolute atomic E-state index is 0.275. The third-order valence-electron chi connectivity index (χ3n) is 3.04. The van der Waals surface area contributed by atoms with Crippen LogP contribution in [0.15, 0.2) is 6.20 Å². The molecule has 0 saturated heterocycles. The van der Waals surface area contributed by atoms with Crippen molar-refractivity contribution < 1.29 is 9.84 Å². The molecule has 4 nitrogen and oxygen atoms in total. The molecule has 1 aromatic rings. The molecule has 0 amide bonds. The number of hydrogen-bond donors (Lipinski definition) is 2. The van der Waals surface area contributed by atoms with Crippen molar-refractivity contribution in [1.29, 1.82) is 0 Å². The van der Waals surface area contributed by atoms with E-state index in [1.165, 1.54) is 0 Å². The highest BCUT2D eigenvalue weighted by Gasteiger charge is 2.09. The fraction of sp³-hybridized carbons (Fsp3) is 0.643. The second kappa shape index (κ2) is 7.34. The number of aromatic nitrogens is 1. The maximum Gasteiger partial charge on any atom is 0.128 e. The van der Waals surface area contributed by atoms with Crippen molar-refractivity contribution in [1.82, 2.24) is 10.3 Å². The van der Waals surface area contributed by atoms with Crippen LogP contribution in [0.1, 0.15) is 36.6 Å². The molecule has 0 aliphatic carbocycles. The first-order valence-electron chi connectivity index (χ1n) is 6.48. The first kappa shape index (κ1) is 14.9. The molecule has 18 heavy (non-hydrogen) atoms. The smallest absolute Gasteiger partial charge is 0.128 e. The van der Waals surface area contributed by atoms with Crippen LogP contribution in [0, 0.1) is 13.8 Å². The van der Waals surface area contributed by atoms with Crippen LogP contribution in [-0.4, -0.2) is 29.8 Å². The summed E-state index contributed by atoms with van der Waals surface area (Å²) in [4.78, 5) is 4.41. The zero-order valence-electron chi connectivity index (χ0n) is 11.8. The van der Waals surface area contributed by atoms with Crippen LogP contribution in [-0.2, 0) is 6.54 Å². The van der Waals surface area contributed by atoms with E-state index in [-0.39, 0.29) is 6.10 Å². The number of aryl methyl sites for hydroxylation is 1. The lowest BCUT2D eigenvalue weighted by molar-refractivity contribution is 0.160. The van der Waals surface area contributed by atoms with Crippen LogP contribution in [0.4, 0.5) is 0 Å². The molecular weight excluding hydrogens is 228 g/mol. The largest absolute Gasteiger partial charge is 0.496 e. The topological polar surface area (TPSA) is 54.4 Å². The van der Waals surface area contributed by atoms with E-state index in [0.717, 1.165) is 35.4 Å². The predicted molar refractivity (Wildman–Crippen MR) is 72.9 cm³/mol. The van der Waals surface area contributed by atoms with Crippen LogP contribution in [0.25, 0.3) is 0 Å². The average molecular weight is 252 g/mol. The Hall–Kier alpha value is -1.13. The Morgan fingerprint density at radius 1 is 1.44 bits per heavy atom. The molecule has 1 unspecified atom stereocenters. The van der Waals surface area contributed by atoms with Gasteiger partial charge >= 0.3 is 0 Å². The lowest BCUT2D eigenvalue weighted by Crippen LogP contribution is -2.26. The molecule has 4 heteroatoms. The van der Waals surface area contributed by atoms with Gasteiger partial charge in [-0.3, -0.25) is 4.98 Å². The molecule has 1 aromatic heterocycles. The van der Waals surface area contributed by atoms with Gasteiger partial charge in [0.1, 0.15) is 5.75 Å². The van der Waals surface area contributed by atoms with Gasteiger partial charge in [0.05, 0.1) is 18.9 Å². The molecule has 0 radical (unpaired) electrons. The summed E-state index contributed by atoms with van der Waals surface area (Å²) in [7, 11) is 1.68. The molecule has 1 atom stereocenters. The van der Waals surface area contributed by atoms with E-state index >= 15 is 0 Å². The van der Waals surface area contributed by atoms with Gasteiger partial charge in [0.15, 0.2) is 0 Å². The standard InChI is InChI=1S/C14H24N2O2/c1-5-6-12(17)8-15-9-13-11(3)14(18-4)10(2)7-16-13/h7,12,15,17H,5-6,8-9H2,1-4H3. The normalized spacial score (nSPS) is 12.5. The Balaban J connectivity index is 2.58. The minimum atomic E-state index is -0.275. The predicted octanol–water partition coefficient (Wildman–Crippen LogP) is 1.96. The van der Waals surface area contributed by atoms with Gasteiger partial charge in [-0.1, -0.05) is 13.3 Å². The molecule has 0 spiro atoms. The zero-order chi connectivity index (χ0) is 13.5. The highest BCUT2D eigenvalue weighted by atomic mass is 16.5. The van der Waals surface area contributed by atoms with Gasteiger partial charge in [0.2, 0.25) is 0 Å². The van der Waals surface area contributed by atoms with Crippen LogP contribution in [0.5, 0.6) is 5.75 Å². The highest BCUT2D eigenvalue weighted by Crippen LogP contribution is 2.23. The second-order valence-corrected chi connectivity index (χ2v) is 4.62. The maximum atomic E-state index is 9.63. The summed E-state index contributed by atoms with van der Waals surface area (Å²) in [5.74, 6) is 0.899. The zero-order valence-corrected chi connectivity index (χ0v) is 11.8. The Bertz CT molecular complexity index is 380. The number of nitrogens with one attached hydrogen (secondary N) is 1. The summed E-state index contributed by atoms with van der Waals surface area (Å²) in [6, 6.07) is 0. The molecule has 2 N–H and O–H groups in total. The van der Waals surface area contributed by atoms with Gasteiger partial charge in [-0.25, -0.2) is 0 Å². The molecule has 1 rings (SSSR count). The van der Waals surface area contributed by atoms with Crippen molar-refractivity contribution in [2.75, 3.05) is 13.7 Å². The van der Waals surface area contributed by atoms with Crippen molar-refractivity contribution in [3.05, 3.63) is 23.0 Å². The molecule has 0 fully saturated rings. The lowest BCUT2D eigenvalue weighted by atomic mass is 10.1. The number of pyridine rings is 1. The van der Waals surface area contributed by atoms with Crippen LogP contribution in [0.3, 0.4) is 0 Å². The SMILES string of the molecule is CCCC(O)CNCc1ncc(C)c(OC)c1C. The van der Waals surface area contributed by atoms with Crippen LogP contribution < -0.4 is 10.1 Å². The average Bonchev–Trinajstić information content (AvgIpc) is 2.33. The molecule has 0 saturated carbocycles. The number of nitrogens with zero attached hydrogens (tertiary/aromatic N) is 1. The Labute approximate surface area is 109 Å². The third-order valence-corrected chi connectivity index (χ3v) is 3.04. The summed E-state index contributed by atoms with van der Waals surface area (Å²) < 4.78 is 5.37. The monoisotopic (exact) mass is 252 g/mol. The van der Waals surface area contributed by atoms with Crippen molar-refractivity contribution in [2.45, 2.75) is 46.3 Å². The Morgan fingerprint density at radius 2 is 2.17 bits per heavy atom. The first-order chi connectivity index (χ1) is 8.60. The van der Waals surface area contributed by atoms with Crippen LogP contribution in [0.2, 0.25) is 0 Å². The Morgan fingerprint density at radius 3 is 2.78 bits per heavy atom. The van der Waals surface area contributed by atoms with Crippen molar-refractivity contribution >= 4 is 0 Å². The molecule has 1 heterocycles. The van der Waals surface area contributed by atoms with Crippen molar-refractivity contribution in [2.24, 2.45) is 0 Å². The van der Waals surface area contributed by atoms with Gasteiger partial charge < -0.3 is 15.2 Å². The van der Waals surface area contributed by atoms with Crippen molar-refractivity contribution in [3.63, 3.8) is 0 Å². The quantitative estimate of drug-likeness (QED) is 0.779. The number of aliphatic hydroxyl groups is 1. The minimum Gasteiger partial charge on any atom is -0.496 e. The Kier molecular flexibility index (Phi) is 6.09. The van der Waals surface area contributed by atoms with Gasteiger partial charge in [0, 0.05) is 30.4 Å². The van der Waals surface area contributed by atoms with E-state index in [9.17, 15) is 5.11 Å². The van der Waals surface area contributed by atoms with E-state index in [1.54, 1.807) is 7.11 Å². The third kappa shape index (κ3) is 3.96. The first-order valence-corrected chi connectivity index (χ1v) is 6.48. The van der Waals surface area contributed by atoms with E-state index in [4.69, 9.17) is 4.74 Å². The second-order valence-electron chi connectivity index (χ2n) is 4.62. The van der Waals surface area contributed by atoms with Gasteiger partial charge in [-0.05, 0) is 20.3 Å². The highest BCUT2D eigenvalue weighted by molar-refractivity contribution is 5.40. The number of aliphatic hydroxyl groups excluding tert-OH is 1. The van der Waals surface area contributed by atoms with E-state index in [0.29, 0.717) is 13.1 Å². The van der Waals surface area contributed by atoms with E-state index < -0.39 is 0 Å². The summed E-state index contributed by atoms with van der Waals surface area (Å²) in [5.41, 5.74) is 3.08. The number of methoxy groups -OCH3 is 1. The van der Waals surface area contributed by atoms with Crippen LogP contribution >= 0.6 is 0 Å². The molecule has 0 aromatic carbocycles. The maximum absolute atomic E-state index is 9.63.